The first-order valence-corrected chi connectivity index (χ1v) is 3.36. The minimum atomic E-state index is -1.05. The predicted octanol–water partition coefficient (Wildman–Crippen LogP) is 2.36. The fourth-order valence-electron chi connectivity index (χ4n) is 0.919. The lowest BCUT2D eigenvalue weighted by molar-refractivity contribution is 0.0697. The first kappa shape index (κ1) is 8.39. The maximum absolute atomic E-state index is 10.6. The van der Waals surface area contributed by atoms with Gasteiger partial charge in [0.2, 0.25) is 0 Å². The Hall–Kier alpha value is -1.71. The fraction of sp³-hybridized carbons (Fsp3) is 0.125. The third-order valence-corrected chi connectivity index (χ3v) is 1.50. The van der Waals surface area contributed by atoms with Gasteiger partial charge in [-0.2, -0.15) is 5.11 Å². The van der Waals surface area contributed by atoms with E-state index in [-0.39, 0.29) is 11.3 Å². The van der Waals surface area contributed by atoms with Crippen LogP contribution in [0.2, 0.25) is 0 Å². The van der Waals surface area contributed by atoms with E-state index >= 15 is 0 Å². The molecule has 1 rings (SSSR count). The van der Waals surface area contributed by atoms with Crippen LogP contribution in [-0.2, 0) is 0 Å². The van der Waals surface area contributed by atoms with Gasteiger partial charge < -0.3 is 5.11 Å². The van der Waals surface area contributed by atoms with E-state index in [9.17, 15) is 4.79 Å². The molecule has 1 aromatic rings. The van der Waals surface area contributed by atoms with Crippen LogP contribution in [0.25, 0.3) is 0 Å². The maximum atomic E-state index is 10.6. The Balaban J connectivity index is 3.30. The number of aryl methyl sites for hydroxylation is 1. The summed E-state index contributed by atoms with van der Waals surface area (Å²) in [6.07, 6.45) is 0. The number of rotatable bonds is 2. The Kier molecular flexibility index (Phi) is 2.19. The second-order valence-electron chi connectivity index (χ2n) is 2.44. The smallest absolute Gasteiger partial charge is 0.337 e. The molecule has 1 aromatic carbocycles. The zero-order valence-electron chi connectivity index (χ0n) is 6.53. The summed E-state index contributed by atoms with van der Waals surface area (Å²) in [6, 6.07) is 4.74. The summed E-state index contributed by atoms with van der Waals surface area (Å²) in [5, 5.41) is 11.8. The van der Waals surface area contributed by atoms with Crippen molar-refractivity contribution < 1.29 is 9.90 Å². The SMILES string of the molecule is Cc1ccc(N=N)c(C(=O)O)c1. The lowest BCUT2D eigenvalue weighted by atomic mass is 10.1. The number of nitrogens with zero attached hydrogens (tertiary/aromatic N) is 1. The van der Waals surface area contributed by atoms with Gasteiger partial charge in [0.1, 0.15) is 0 Å². The van der Waals surface area contributed by atoms with Gasteiger partial charge in [-0.1, -0.05) is 11.6 Å². The minimum absolute atomic E-state index is 0.0741. The number of carboxylic acids is 1. The molecular weight excluding hydrogens is 156 g/mol. The maximum Gasteiger partial charge on any atom is 0.337 e. The molecular formula is C8H8N2O2. The molecule has 0 spiro atoms. The van der Waals surface area contributed by atoms with E-state index in [1.807, 2.05) is 0 Å². The Morgan fingerprint density at radius 3 is 2.75 bits per heavy atom. The van der Waals surface area contributed by atoms with Gasteiger partial charge >= 0.3 is 5.97 Å². The molecule has 0 aliphatic rings. The third-order valence-electron chi connectivity index (χ3n) is 1.50. The molecule has 4 heteroatoms. The molecule has 0 aromatic heterocycles. The monoisotopic (exact) mass is 164 g/mol. The topological polar surface area (TPSA) is 73.5 Å². The Morgan fingerprint density at radius 2 is 2.25 bits per heavy atom. The highest BCUT2D eigenvalue weighted by atomic mass is 16.4. The van der Waals surface area contributed by atoms with Crippen molar-refractivity contribution in [3.63, 3.8) is 0 Å². The summed E-state index contributed by atoms with van der Waals surface area (Å²) in [5.74, 6) is -1.05. The van der Waals surface area contributed by atoms with Gasteiger partial charge in [0.15, 0.2) is 0 Å². The van der Waals surface area contributed by atoms with E-state index in [1.165, 1.54) is 12.1 Å². The normalized spacial score (nSPS) is 9.42. The highest BCUT2D eigenvalue weighted by Crippen LogP contribution is 2.19. The first-order chi connectivity index (χ1) is 5.65. The molecule has 0 amide bonds. The van der Waals surface area contributed by atoms with Gasteiger partial charge in [-0.25, -0.2) is 10.3 Å². The molecule has 0 bridgehead atoms. The average molecular weight is 164 g/mol. The molecule has 12 heavy (non-hydrogen) atoms. The van der Waals surface area contributed by atoms with Crippen LogP contribution in [-0.4, -0.2) is 11.1 Å². The zero-order valence-corrected chi connectivity index (χ0v) is 6.53. The Labute approximate surface area is 69.4 Å². The van der Waals surface area contributed by atoms with Crippen LogP contribution in [0.4, 0.5) is 5.69 Å². The number of hydrogen-bond acceptors (Lipinski definition) is 3. The van der Waals surface area contributed by atoms with E-state index in [0.29, 0.717) is 0 Å². The standard InChI is InChI=1S/C8H8N2O2/c1-5-2-3-7(10-9)6(4-5)8(11)12/h2-4,9H,1H3,(H,11,12). The van der Waals surface area contributed by atoms with Crippen LogP contribution in [0.3, 0.4) is 0 Å². The van der Waals surface area contributed by atoms with Gasteiger partial charge in [-0.15, -0.1) is 0 Å². The van der Waals surface area contributed by atoms with Crippen molar-refractivity contribution in [1.82, 2.24) is 0 Å². The van der Waals surface area contributed by atoms with E-state index in [2.05, 4.69) is 5.11 Å². The highest BCUT2D eigenvalue weighted by Gasteiger charge is 2.08. The molecule has 2 N–H and O–H groups in total. The number of hydrogen-bond donors (Lipinski definition) is 2. The van der Waals surface area contributed by atoms with E-state index < -0.39 is 5.97 Å². The van der Waals surface area contributed by atoms with Crippen LogP contribution in [0, 0.1) is 12.5 Å². The van der Waals surface area contributed by atoms with Crippen molar-refractivity contribution in [2.24, 2.45) is 5.11 Å². The lowest BCUT2D eigenvalue weighted by Gasteiger charge is -1.99. The van der Waals surface area contributed by atoms with Gasteiger partial charge in [0.05, 0.1) is 11.3 Å². The molecule has 0 fully saturated rings. The number of aromatic carboxylic acids is 1. The molecule has 0 aliphatic heterocycles. The van der Waals surface area contributed by atoms with Gasteiger partial charge in [-0.05, 0) is 19.1 Å². The largest absolute Gasteiger partial charge is 0.478 e. The molecule has 0 heterocycles. The second-order valence-corrected chi connectivity index (χ2v) is 2.44. The van der Waals surface area contributed by atoms with Crippen molar-refractivity contribution in [3.05, 3.63) is 29.3 Å². The van der Waals surface area contributed by atoms with Crippen LogP contribution < -0.4 is 0 Å². The fourth-order valence-corrected chi connectivity index (χ4v) is 0.919. The molecule has 0 saturated carbocycles. The van der Waals surface area contributed by atoms with E-state index in [1.54, 1.807) is 13.0 Å². The summed E-state index contributed by atoms with van der Waals surface area (Å²) in [6.45, 7) is 1.79. The van der Waals surface area contributed by atoms with Crippen molar-refractivity contribution in [2.45, 2.75) is 6.92 Å². The molecule has 4 nitrogen and oxygen atoms in total. The van der Waals surface area contributed by atoms with Crippen LogP contribution in [0.1, 0.15) is 15.9 Å². The third kappa shape index (κ3) is 1.47. The second kappa shape index (κ2) is 3.13. The molecule has 0 radical (unpaired) electrons. The van der Waals surface area contributed by atoms with Crippen molar-refractivity contribution >= 4 is 11.7 Å². The summed E-state index contributed by atoms with van der Waals surface area (Å²) >= 11 is 0. The van der Waals surface area contributed by atoms with Crippen molar-refractivity contribution in [3.8, 4) is 0 Å². The first-order valence-electron chi connectivity index (χ1n) is 3.36. The zero-order chi connectivity index (χ0) is 9.14. The molecule has 0 atom stereocenters. The van der Waals surface area contributed by atoms with E-state index in [0.717, 1.165) is 5.56 Å². The van der Waals surface area contributed by atoms with E-state index in [4.69, 9.17) is 10.6 Å². The quantitative estimate of drug-likeness (QED) is 0.658. The Morgan fingerprint density at radius 1 is 1.58 bits per heavy atom. The highest BCUT2D eigenvalue weighted by molar-refractivity contribution is 5.93. The van der Waals surface area contributed by atoms with Crippen LogP contribution in [0.5, 0.6) is 0 Å². The van der Waals surface area contributed by atoms with Crippen molar-refractivity contribution in [2.75, 3.05) is 0 Å². The summed E-state index contributed by atoms with van der Waals surface area (Å²) in [7, 11) is 0. The summed E-state index contributed by atoms with van der Waals surface area (Å²) in [5.41, 5.74) is 7.82. The summed E-state index contributed by atoms with van der Waals surface area (Å²) < 4.78 is 0. The number of carbonyl (C=O) groups is 1. The lowest BCUT2D eigenvalue weighted by Crippen LogP contribution is -1.96. The predicted molar refractivity (Wildman–Crippen MR) is 42.9 cm³/mol. The van der Waals surface area contributed by atoms with Crippen molar-refractivity contribution in [1.29, 1.82) is 5.53 Å². The molecule has 0 unspecified atom stereocenters. The number of nitrogens with one attached hydrogen (secondary N) is 1. The molecule has 62 valence electrons. The number of benzene rings is 1. The summed E-state index contributed by atoms with van der Waals surface area (Å²) in [4.78, 5) is 10.6. The van der Waals surface area contributed by atoms with Crippen LogP contribution in [0.15, 0.2) is 23.3 Å². The average Bonchev–Trinajstić information content (AvgIpc) is 2.04. The number of carboxylic acid groups (broad SMARTS) is 1. The Bertz CT molecular complexity index is 334. The molecule has 0 saturated heterocycles. The van der Waals surface area contributed by atoms with Gasteiger partial charge in [0.25, 0.3) is 0 Å². The van der Waals surface area contributed by atoms with Gasteiger partial charge in [-0.3, -0.25) is 0 Å². The van der Waals surface area contributed by atoms with Gasteiger partial charge in [0, 0.05) is 0 Å². The molecule has 0 aliphatic carbocycles. The minimum Gasteiger partial charge on any atom is -0.478 e. The van der Waals surface area contributed by atoms with Crippen LogP contribution >= 0.6 is 0 Å².